The van der Waals surface area contributed by atoms with E-state index in [4.69, 9.17) is 20.2 Å². The van der Waals surface area contributed by atoms with Crippen LogP contribution in [0.5, 0.6) is 11.5 Å². The van der Waals surface area contributed by atoms with E-state index in [1.54, 1.807) is 14.2 Å². The van der Waals surface area contributed by atoms with Crippen LogP contribution in [0.2, 0.25) is 0 Å². The Balaban J connectivity index is 1.43. The minimum Gasteiger partial charge on any atom is -0.493 e. The molecule has 0 spiro atoms. The molecule has 1 fully saturated rings. The van der Waals surface area contributed by atoms with Gasteiger partial charge in [0.1, 0.15) is 5.52 Å². The van der Waals surface area contributed by atoms with Crippen LogP contribution in [-0.2, 0) is 0 Å². The summed E-state index contributed by atoms with van der Waals surface area (Å²) in [5.41, 5.74) is 9.19. The highest BCUT2D eigenvalue weighted by Gasteiger charge is 2.34. The second-order valence-corrected chi connectivity index (χ2v) is 9.57. The van der Waals surface area contributed by atoms with Crippen LogP contribution in [-0.4, -0.2) is 58.7 Å². The third-order valence-corrected chi connectivity index (χ3v) is 6.67. The van der Waals surface area contributed by atoms with Gasteiger partial charge in [-0.2, -0.15) is 4.98 Å². The van der Waals surface area contributed by atoms with Crippen LogP contribution in [0, 0.1) is 0 Å². The van der Waals surface area contributed by atoms with Crippen LogP contribution in [0.3, 0.4) is 0 Å². The monoisotopic (exact) mass is 513 g/mol. The van der Waals surface area contributed by atoms with Crippen molar-refractivity contribution >= 4 is 34.5 Å². The molecular weight excluding hydrogens is 482 g/mol. The molecule has 3 heterocycles. The van der Waals surface area contributed by atoms with Crippen LogP contribution >= 0.6 is 0 Å². The Hall–Kier alpha value is -4.60. The molecule has 5 rings (SSSR count). The lowest BCUT2D eigenvalue weighted by atomic mass is 9.91. The molecule has 2 aromatic heterocycles. The maximum absolute atomic E-state index is 13.0. The van der Waals surface area contributed by atoms with Crippen molar-refractivity contribution in [1.29, 1.82) is 0 Å². The maximum atomic E-state index is 13.0. The number of rotatable bonds is 6. The van der Waals surface area contributed by atoms with E-state index in [9.17, 15) is 4.79 Å². The molecule has 2 amide bonds. The van der Waals surface area contributed by atoms with Crippen LogP contribution < -0.4 is 25.8 Å². The van der Waals surface area contributed by atoms with Gasteiger partial charge in [-0.05, 0) is 62.2 Å². The average Bonchev–Trinajstić information content (AvgIpc) is 2.92. The molecule has 10 nitrogen and oxygen atoms in total. The van der Waals surface area contributed by atoms with Crippen LogP contribution in [0.1, 0.15) is 19.8 Å². The van der Waals surface area contributed by atoms with E-state index in [2.05, 4.69) is 27.5 Å². The molecule has 1 unspecified atom stereocenters. The molecule has 10 heteroatoms. The second-order valence-electron chi connectivity index (χ2n) is 9.57. The molecule has 196 valence electrons. The number of para-hydroxylation sites is 1. The number of carbonyl (C=O) groups excluding carboxylic acids is 1. The average molecular weight is 514 g/mol. The molecule has 0 bridgehead atoms. The maximum Gasteiger partial charge on any atom is 0.321 e. The van der Waals surface area contributed by atoms with E-state index in [0.29, 0.717) is 41.4 Å². The lowest BCUT2D eigenvalue weighted by Crippen LogP contribution is -2.54. The number of fused-ring (bicyclic) bond motifs is 1. The molecule has 38 heavy (non-hydrogen) atoms. The molecule has 4 N–H and O–H groups in total. The number of urea groups is 1. The van der Waals surface area contributed by atoms with Crippen LogP contribution in [0.4, 0.5) is 22.2 Å². The van der Waals surface area contributed by atoms with Gasteiger partial charge < -0.3 is 30.7 Å². The molecule has 1 aliphatic heterocycles. The first-order valence-electron chi connectivity index (χ1n) is 12.4. The van der Waals surface area contributed by atoms with Gasteiger partial charge >= 0.3 is 6.03 Å². The summed E-state index contributed by atoms with van der Waals surface area (Å²) in [5.74, 6) is 1.94. The fourth-order valence-electron chi connectivity index (χ4n) is 4.80. The lowest BCUT2D eigenvalue weighted by molar-refractivity contribution is 0.176. The van der Waals surface area contributed by atoms with Crippen molar-refractivity contribution < 1.29 is 14.3 Å². The topological polar surface area (TPSA) is 128 Å². The van der Waals surface area contributed by atoms with Crippen molar-refractivity contribution in [2.45, 2.75) is 25.3 Å². The second kappa shape index (κ2) is 10.4. The van der Waals surface area contributed by atoms with Gasteiger partial charge in [0.05, 0.1) is 31.0 Å². The molecule has 1 saturated heterocycles. The van der Waals surface area contributed by atoms with Gasteiger partial charge in [0.25, 0.3) is 0 Å². The van der Waals surface area contributed by atoms with Crippen molar-refractivity contribution in [3.05, 3.63) is 60.7 Å². The number of benzene rings is 2. The smallest absolute Gasteiger partial charge is 0.321 e. The highest BCUT2D eigenvalue weighted by atomic mass is 16.5. The Bertz CT molecular complexity index is 1460. The number of hydrogen-bond donors (Lipinski definition) is 3. The molecule has 1 atom stereocenters. The summed E-state index contributed by atoms with van der Waals surface area (Å²) in [6, 6.07) is 18.7. The third kappa shape index (κ3) is 5.24. The van der Waals surface area contributed by atoms with Gasteiger partial charge in [0.15, 0.2) is 17.3 Å². The van der Waals surface area contributed by atoms with Crippen molar-refractivity contribution in [2.75, 3.05) is 43.7 Å². The summed E-state index contributed by atoms with van der Waals surface area (Å²) in [6.45, 7) is 3.24. The Morgan fingerprint density at radius 2 is 1.79 bits per heavy atom. The summed E-state index contributed by atoms with van der Waals surface area (Å²) in [4.78, 5) is 28.6. The molecule has 4 aromatic rings. The van der Waals surface area contributed by atoms with E-state index >= 15 is 0 Å². The summed E-state index contributed by atoms with van der Waals surface area (Å²) < 4.78 is 10.8. The number of hydrogen-bond acceptors (Lipinski definition) is 8. The van der Waals surface area contributed by atoms with Crippen molar-refractivity contribution in [3.8, 4) is 22.8 Å². The van der Waals surface area contributed by atoms with Gasteiger partial charge in [0, 0.05) is 24.3 Å². The number of amides is 2. The van der Waals surface area contributed by atoms with Gasteiger partial charge in [-0.15, -0.1) is 0 Å². The summed E-state index contributed by atoms with van der Waals surface area (Å²) in [6.07, 6.45) is 1.69. The molecule has 0 saturated carbocycles. The van der Waals surface area contributed by atoms with E-state index in [-0.39, 0.29) is 12.0 Å². The predicted molar refractivity (Wildman–Crippen MR) is 149 cm³/mol. The molecular formula is C28H31N7O3. The lowest BCUT2D eigenvalue weighted by Gasteiger charge is -2.41. The Labute approximate surface area is 221 Å². The first-order valence-corrected chi connectivity index (χ1v) is 12.4. The number of likely N-dealkylation sites (tertiary alicyclic amines) is 1. The Kier molecular flexibility index (Phi) is 6.87. The zero-order chi connectivity index (χ0) is 26.7. The standard InChI is InChI=1S/C28H31N7O3/c1-28(14-7-15-35(17-28)27(36)30-19-8-5-4-6-9-19)34-25-24-21(32-26(29)33-25)12-11-20(31-24)18-10-13-22(37-2)23(16-18)38-3/h4-6,8-13,16H,7,14-15,17H2,1-3H3,(H,30,36)(H3,29,32,33,34). The Morgan fingerprint density at radius 3 is 2.55 bits per heavy atom. The van der Waals surface area contributed by atoms with Crippen LogP contribution in [0.25, 0.3) is 22.3 Å². The minimum absolute atomic E-state index is 0.134. The molecule has 0 aliphatic carbocycles. The van der Waals surface area contributed by atoms with Gasteiger partial charge in [-0.25, -0.2) is 14.8 Å². The number of piperidine rings is 1. The number of nitrogens with one attached hydrogen (secondary N) is 2. The van der Waals surface area contributed by atoms with E-state index in [0.717, 1.165) is 29.8 Å². The highest BCUT2D eigenvalue weighted by Crippen LogP contribution is 2.34. The van der Waals surface area contributed by atoms with Crippen molar-refractivity contribution in [2.24, 2.45) is 0 Å². The third-order valence-electron chi connectivity index (χ3n) is 6.67. The first-order chi connectivity index (χ1) is 18.4. The summed E-state index contributed by atoms with van der Waals surface area (Å²) in [5, 5.41) is 6.53. The predicted octanol–water partition coefficient (Wildman–Crippen LogP) is 4.79. The largest absolute Gasteiger partial charge is 0.493 e. The number of carbonyl (C=O) groups is 1. The van der Waals surface area contributed by atoms with Gasteiger partial charge in [0.2, 0.25) is 5.95 Å². The van der Waals surface area contributed by atoms with Crippen LogP contribution in [0.15, 0.2) is 60.7 Å². The van der Waals surface area contributed by atoms with Crippen molar-refractivity contribution in [3.63, 3.8) is 0 Å². The number of anilines is 3. The van der Waals surface area contributed by atoms with Gasteiger partial charge in [-0.1, -0.05) is 18.2 Å². The molecule has 1 aliphatic rings. The summed E-state index contributed by atoms with van der Waals surface area (Å²) >= 11 is 0. The van der Waals surface area contributed by atoms with Gasteiger partial charge in [-0.3, -0.25) is 0 Å². The fraction of sp³-hybridized carbons (Fsp3) is 0.286. The number of nitrogen functional groups attached to an aromatic ring is 1. The zero-order valence-electron chi connectivity index (χ0n) is 21.7. The summed E-state index contributed by atoms with van der Waals surface area (Å²) in [7, 11) is 3.20. The van der Waals surface area contributed by atoms with E-state index < -0.39 is 5.54 Å². The Morgan fingerprint density at radius 1 is 1.00 bits per heavy atom. The SMILES string of the molecule is COc1ccc(-c2ccc3nc(N)nc(NC4(C)CCCN(C(=O)Nc5ccccc5)C4)c3n2)cc1OC. The van der Waals surface area contributed by atoms with Crippen molar-refractivity contribution in [1.82, 2.24) is 19.9 Å². The zero-order valence-corrected chi connectivity index (χ0v) is 21.7. The minimum atomic E-state index is -0.443. The normalized spacial score (nSPS) is 17.2. The number of nitrogens with zero attached hydrogens (tertiary/aromatic N) is 4. The first kappa shape index (κ1) is 25.1. The van der Waals surface area contributed by atoms with E-state index in [1.807, 2.05) is 65.6 Å². The highest BCUT2D eigenvalue weighted by molar-refractivity contribution is 5.90. The fourth-order valence-corrected chi connectivity index (χ4v) is 4.80. The van der Waals surface area contributed by atoms with E-state index in [1.165, 1.54) is 0 Å². The number of ether oxygens (including phenoxy) is 2. The number of methoxy groups -OCH3 is 2. The number of nitrogens with two attached hydrogens (primary N) is 1. The number of pyridine rings is 1. The quantitative estimate of drug-likeness (QED) is 0.336. The molecule has 2 aromatic carbocycles. The number of aromatic nitrogens is 3. The molecule has 0 radical (unpaired) electrons.